The van der Waals surface area contributed by atoms with E-state index in [-0.39, 0.29) is 11.7 Å². The van der Waals surface area contributed by atoms with E-state index in [4.69, 9.17) is 4.74 Å². The van der Waals surface area contributed by atoms with Crippen molar-refractivity contribution >= 4 is 0 Å². The van der Waals surface area contributed by atoms with Gasteiger partial charge >= 0.3 is 0 Å². The molecule has 2 atom stereocenters. The Morgan fingerprint density at radius 1 is 1.35 bits per heavy atom. The summed E-state index contributed by atoms with van der Waals surface area (Å²) in [6.07, 6.45) is 3.81. The average Bonchev–Trinajstić information content (AvgIpc) is 2.35. The van der Waals surface area contributed by atoms with E-state index in [1.807, 2.05) is 12.1 Å². The Balaban J connectivity index is 1.90. The molecule has 0 bridgehead atoms. The number of ether oxygens (including phenoxy) is 1. The van der Waals surface area contributed by atoms with Gasteiger partial charge in [-0.1, -0.05) is 6.07 Å². The van der Waals surface area contributed by atoms with E-state index in [1.165, 1.54) is 24.0 Å². The summed E-state index contributed by atoms with van der Waals surface area (Å²) in [4.78, 5) is 2.55. The molecule has 1 saturated heterocycles. The average molecular weight is 275 g/mol. The van der Waals surface area contributed by atoms with Gasteiger partial charge in [-0.2, -0.15) is 0 Å². The Morgan fingerprint density at radius 3 is 2.90 bits per heavy atom. The second kappa shape index (κ2) is 5.05. The van der Waals surface area contributed by atoms with Crippen LogP contribution in [-0.2, 0) is 11.2 Å². The first-order valence-electron chi connectivity index (χ1n) is 7.68. The summed E-state index contributed by atoms with van der Waals surface area (Å²) in [6, 6.07) is 6.29. The second-order valence-electron chi connectivity index (χ2n) is 6.91. The lowest BCUT2D eigenvalue weighted by molar-refractivity contribution is -0.139. The first-order chi connectivity index (χ1) is 9.44. The maximum atomic E-state index is 9.82. The molecule has 1 fully saturated rings. The third-order valence-electron chi connectivity index (χ3n) is 4.45. The smallest absolute Gasteiger partial charge is 0.115 e. The normalized spacial score (nSPS) is 29.9. The van der Waals surface area contributed by atoms with Gasteiger partial charge in [0.15, 0.2) is 0 Å². The number of nitrogens with zero attached hydrogens (tertiary/aromatic N) is 1. The summed E-state index contributed by atoms with van der Waals surface area (Å²) in [5.41, 5.74) is 2.63. The number of morpholine rings is 1. The number of benzene rings is 1. The van der Waals surface area contributed by atoms with Crippen LogP contribution in [-0.4, -0.2) is 34.8 Å². The van der Waals surface area contributed by atoms with Gasteiger partial charge in [-0.25, -0.2) is 0 Å². The molecule has 1 aromatic rings. The molecule has 3 rings (SSSR count). The highest BCUT2D eigenvalue weighted by atomic mass is 16.5. The number of phenols is 1. The fraction of sp³-hybridized carbons (Fsp3) is 0.647. The van der Waals surface area contributed by atoms with Gasteiger partial charge in [0.1, 0.15) is 5.75 Å². The minimum Gasteiger partial charge on any atom is -0.508 e. The van der Waals surface area contributed by atoms with Crippen LogP contribution in [0.5, 0.6) is 5.75 Å². The Labute approximate surface area is 121 Å². The summed E-state index contributed by atoms with van der Waals surface area (Å²) in [5, 5.41) is 9.82. The second-order valence-corrected chi connectivity index (χ2v) is 6.91. The van der Waals surface area contributed by atoms with Gasteiger partial charge in [-0.3, -0.25) is 4.90 Å². The third kappa shape index (κ3) is 2.70. The lowest BCUT2D eigenvalue weighted by atomic mass is 9.85. The summed E-state index contributed by atoms with van der Waals surface area (Å²) < 4.78 is 6.02. The Kier molecular flexibility index (Phi) is 3.51. The minimum absolute atomic E-state index is 0.0912. The fourth-order valence-corrected chi connectivity index (χ4v) is 3.88. The molecule has 0 radical (unpaired) electrons. The van der Waals surface area contributed by atoms with E-state index in [9.17, 15) is 5.11 Å². The summed E-state index contributed by atoms with van der Waals surface area (Å²) in [5.74, 6) is 0.385. The summed E-state index contributed by atoms with van der Waals surface area (Å²) >= 11 is 0. The van der Waals surface area contributed by atoms with Crippen LogP contribution in [0.3, 0.4) is 0 Å². The minimum atomic E-state index is -0.0912. The van der Waals surface area contributed by atoms with Crippen molar-refractivity contribution in [3.8, 4) is 5.75 Å². The van der Waals surface area contributed by atoms with Gasteiger partial charge in [-0.15, -0.1) is 0 Å². The lowest BCUT2D eigenvalue weighted by Gasteiger charge is -2.46. The van der Waals surface area contributed by atoms with E-state index < -0.39 is 0 Å². The zero-order chi connectivity index (χ0) is 14.3. The van der Waals surface area contributed by atoms with Crippen LogP contribution in [0.2, 0.25) is 0 Å². The maximum absolute atomic E-state index is 9.82. The van der Waals surface area contributed by atoms with Gasteiger partial charge in [0.25, 0.3) is 0 Å². The Bertz CT molecular complexity index is 498. The largest absolute Gasteiger partial charge is 0.508 e. The first-order valence-corrected chi connectivity index (χ1v) is 7.68. The predicted octanol–water partition coefficient (Wildman–Crippen LogP) is 3.27. The SMILES string of the molecule is CC1CN(C2CCCc3ccc(O)cc32)CC(C)(C)O1. The summed E-state index contributed by atoms with van der Waals surface area (Å²) in [7, 11) is 0. The van der Waals surface area contributed by atoms with Crippen molar-refractivity contribution in [1.29, 1.82) is 0 Å². The highest BCUT2D eigenvalue weighted by Crippen LogP contribution is 2.38. The number of hydrogen-bond donors (Lipinski definition) is 1. The molecule has 1 aromatic carbocycles. The monoisotopic (exact) mass is 275 g/mol. The number of rotatable bonds is 1. The van der Waals surface area contributed by atoms with E-state index in [1.54, 1.807) is 0 Å². The van der Waals surface area contributed by atoms with Crippen LogP contribution in [0, 0.1) is 0 Å². The number of aryl methyl sites for hydroxylation is 1. The predicted molar refractivity (Wildman–Crippen MR) is 80.0 cm³/mol. The third-order valence-corrected chi connectivity index (χ3v) is 4.45. The quantitative estimate of drug-likeness (QED) is 0.854. The highest BCUT2D eigenvalue weighted by molar-refractivity contribution is 5.38. The molecule has 3 heteroatoms. The lowest BCUT2D eigenvalue weighted by Crippen LogP contribution is -2.53. The van der Waals surface area contributed by atoms with E-state index in [0.29, 0.717) is 11.8 Å². The number of hydrogen-bond acceptors (Lipinski definition) is 3. The fourth-order valence-electron chi connectivity index (χ4n) is 3.88. The molecule has 1 aliphatic heterocycles. The zero-order valence-electron chi connectivity index (χ0n) is 12.7. The molecule has 2 aliphatic rings. The van der Waals surface area contributed by atoms with Crippen molar-refractivity contribution in [2.24, 2.45) is 0 Å². The molecule has 2 unspecified atom stereocenters. The standard InChI is InChI=1S/C17H25NO2/c1-12-10-18(11-17(2,3)20-12)16-6-4-5-13-7-8-14(19)9-15(13)16/h7-9,12,16,19H,4-6,10-11H2,1-3H3. The molecule has 1 heterocycles. The van der Waals surface area contributed by atoms with E-state index in [0.717, 1.165) is 19.5 Å². The van der Waals surface area contributed by atoms with Crippen LogP contribution < -0.4 is 0 Å². The molecule has 0 amide bonds. The number of phenolic OH excluding ortho intramolecular Hbond substituents is 1. The molecule has 3 nitrogen and oxygen atoms in total. The highest BCUT2D eigenvalue weighted by Gasteiger charge is 2.36. The van der Waals surface area contributed by atoms with Crippen LogP contribution in [0.25, 0.3) is 0 Å². The van der Waals surface area contributed by atoms with Crippen LogP contribution in [0.4, 0.5) is 0 Å². The van der Waals surface area contributed by atoms with Crippen LogP contribution in [0.1, 0.15) is 50.8 Å². The van der Waals surface area contributed by atoms with Crippen molar-refractivity contribution in [3.63, 3.8) is 0 Å². The van der Waals surface area contributed by atoms with E-state index >= 15 is 0 Å². The Hall–Kier alpha value is -1.06. The first kappa shape index (κ1) is 13.9. The van der Waals surface area contributed by atoms with Gasteiger partial charge in [0.2, 0.25) is 0 Å². The van der Waals surface area contributed by atoms with Crippen molar-refractivity contribution < 1.29 is 9.84 Å². The molecule has 0 spiro atoms. The Morgan fingerprint density at radius 2 is 2.15 bits per heavy atom. The molecular weight excluding hydrogens is 250 g/mol. The molecule has 110 valence electrons. The molecule has 0 aromatic heterocycles. The molecule has 1 N–H and O–H groups in total. The molecule has 1 aliphatic carbocycles. The van der Waals surface area contributed by atoms with Crippen molar-refractivity contribution in [2.75, 3.05) is 13.1 Å². The zero-order valence-corrected chi connectivity index (χ0v) is 12.7. The van der Waals surface area contributed by atoms with Gasteiger partial charge in [0.05, 0.1) is 11.7 Å². The number of fused-ring (bicyclic) bond motifs is 1. The van der Waals surface area contributed by atoms with Crippen molar-refractivity contribution in [2.45, 2.75) is 57.8 Å². The van der Waals surface area contributed by atoms with E-state index in [2.05, 4.69) is 31.7 Å². The maximum Gasteiger partial charge on any atom is 0.115 e. The van der Waals surface area contributed by atoms with Crippen molar-refractivity contribution in [3.05, 3.63) is 29.3 Å². The topological polar surface area (TPSA) is 32.7 Å². The number of aromatic hydroxyl groups is 1. The van der Waals surface area contributed by atoms with Gasteiger partial charge < -0.3 is 9.84 Å². The molecule has 20 heavy (non-hydrogen) atoms. The van der Waals surface area contributed by atoms with Crippen LogP contribution in [0.15, 0.2) is 18.2 Å². The molecular formula is C17H25NO2. The molecule has 0 saturated carbocycles. The van der Waals surface area contributed by atoms with Crippen LogP contribution >= 0.6 is 0 Å². The van der Waals surface area contributed by atoms with Gasteiger partial charge in [-0.05, 0) is 63.3 Å². The van der Waals surface area contributed by atoms with Crippen molar-refractivity contribution in [1.82, 2.24) is 4.90 Å². The summed E-state index contributed by atoms with van der Waals surface area (Å²) in [6.45, 7) is 8.42. The van der Waals surface area contributed by atoms with Gasteiger partial charge in [0, 0.05) is 19.1 Å².